The van der Waals surface area contributed by atoms with Crippen molar-refractivity contribution in [2.45, 2.75) is 20.3 Å². The van der Waals surface area contributed by atoms with Crippen molar-refractivity contribution >= 4 is 17.5 Å². The van der Waals surface area contributed by atoms with Gasteiger partial charge in [-0.1, -0.05) is 26.0 Å². The molecule has 5 heteroatoms. The smallest absolute Gasteiger partial charge is 0.239 e. The average molecular weight is 269 g/mol. The normalized spacial score (nSPS) is 17.8. The molecule has 2 amide bonds. The number of H-pyrrole nitrogens is 1. The molecular weight excluding hydrogens is 254 g/mol. The highest BCUT2D eigenvalue weighted by molar-refractivity contribution is 6.22. The van der Waals surface area contributed by atoms with Crippen LogP contribution in [0.15, 0.2) is 36.5 Å². The van der Waals surface area contributed by atoms with Gasteiger partial charge in [-0.15, -0.1) is 0 Å². The molecule has 5 nitrogen and oxygen atoms in total. The van der Waals surface area contributed by atoms with Gasteiger partial charge in [0.15, 0.2) is 0 Å². The van der Waals surface area contributed by atoms with Crippen LogP contribution in [0.25, 0.3) is 11.3 Å². The number of anilines is 1. The standard InChI is InChI=1S/C15H15N3O2/c1-15(2)9-13(19)18(14(15)20)11-5-3-10(4-6-11)12-7-8-16-17-12/h3-8H,9H2,1-2H3,(H,16,17). The van der Waals surface area contributed by atoms with Crippen molar-refractivity contribution in [3.05, 3.63) is 36.5 Å². The Bertz CT molecular complexity index is 657. The number of aromatic amines is 1. The first-order chi connectivity index (χ1) is 9.49. The van der Waals surface area contributed by atoms with Gasteiger partial charge in [0, 0.05) is 12.6 Å². The Morgan fingerprint density at radius 3 is 2.35 bits per heavy atom. The Balaban J connectivity index is 1.92. The van der Waals surface area contributed by atoms with E-state index in [1.165, 1.54) is 4.90 Å². The zero-order chi connectivity index (χ0) is 14.3. The zero-order valence-electron chi connectivity index (χ0n) is 11.4. The summed E-state index contributed by atoms with van der Waals surface area (Å²) in [6.45, 7) is 3.60. The molecule has 1 aromatic carbocycles. The van der Waals surface area contributed by atoms with Crippen LogP contribution < -0.4 is 4.90 Å². The minimum atomic E-state index is -0.612. The minimum absolute atomic E-state index is 0.142. The van der Waals surface area contributed by atoms with E-state index in [9.17, 15) is 9.59 Å². The monoisotopic (exact) mass is 269 g/mol. The van der Waals surface area contributed by atoms with Crippen LogP contribution in [0.1, 0.15) is 20.3 Å². The molecule has 0 radical (unpaired) electrons. The summed E-state index contributed by atoms with van der Waals surface area (Å²) in [5, 5.41) is 6.77. The van der Waals surface area contributed by atoms with Gasteiger partial charge < -0.3 is 0 Å². The van der Waals surface area contributed by atoms with Crippen molar-refractivity contribution in [2.75, 3.05) is 4.90 Å². The molecule has 102 valence electrons. The van der Waals surface area contributed by atoms with E-state index in [0.29, 0.717) is 5.69 Å². The summed E-state index contributed by atoms with van der Waals surface area (Å²) in [6, 6.07) is 9.18. The van der Waals surface area contributed by atoms with Crippen LogP contribution in [0, 0.1) is 5.41 Å². The molecule has 1 aliphatic heterocycles. The van der Waals surface area contributed by atoms with E-state index < -0.39 is 5.41 Å². The van der Waals surface area contributed by atoms with Gasteiger partial charge in [0.1, 0.15) is 0 Å². The van der Waals surface area contributed by atoms with E-state index in [-0.39, 0.29) is 18.2 Å². The average Bonchev–Trinajstić information content (AvgIpc) is 2.98. The largest absolute Gasteiger partial charge is 0.278 e. The Kier molecular flexibility index (Phi) is 2.71. The van der Waals surface area contributed by atoms with Crippen molar-refractivity contribution < 1.29 is 9.59 Å². The first-order valence-corrected chi connectivity index (χ1v) is 6.46. The fourth-order valence-electron chi connectivity index (χ4n) is 2.42. The maximum absolute atomic E-state index is 12.2. The highest BCUT2D eigenvalue weighted by Crippen LogP contribution is 2.35. The van der Waals surface area contributed by atoms with Crippen LogP contribution in [0.3, 0.4) is 0 Å². The van der Waals surface area contributed by atoms with E-state index in [1.807, 2.05) is 18.2 Å². The molecule has 0 spiro atoms. The highest BCUT2D eigenvalue weighted by atomic mass is 16.2. The second kappa shape index (κ2) is 4.30. The first-order valence-electron chi connectivity index (χ1n) is 6.46. The number of nitrogens with zero attached hydrogens (tertiary/aromatic N) is 2. The number of rotatable bonds is 2. The lowest BCUT2D eigenvalue weighted by Crippen LogP contribution is -2.32. The summed E-state index contributed by atoms with van der Waals surface area (Å²) < 4.78 is 0. The van der Waals surface area contributed by atoms with Crippen LogP contribution in [-0.4, -0.2) is 22.0 Å². The molecule has 1 aliphatic rings. The van der Waals surface area contributed by atoms with Crippen LogP contribution in [0.4, 0.5) is 5.69 Å². The molecule has 20 heavy (non-hydrogen) atoms. The molecule has 2 aromatic rings. The fourth-order valence-corrected chi connectivity index (χ4v) is 2.42. The van der Waals surface area contributed by atoms with Crippen molar-refractivity contribution in [2.24, 2.45) is 5.41 Å². The summed E-state index contributed by atoms with van der Waals surface area (Å²) in [6.07, 6.45) is 1.94. The summed E-state index contributed by atoms with van der Waals surface area (Å²) in [7, 11) is 0. The Morgan fingerprint density at radius 1 is 1.15 bits per heavy atom. The molecule has 1 N–H and O–H groups in total. The van der Waals surface area contributed by atoms with Gasteiger partial charge in [-0.3, -0.25) is 19.6 Å². The van der Waals surface area contributed by atoms with E-state index in [0.717, 1.165) is 11.3 Å². The van der Waals surface area contributed by atoms with Gasteiger partial charge in [-0.25, -0.2) is 0 Å². The molecule has 0 unspecified atom stereocenters. The lowest BCUT2D eigenvalue weighted by molar-refractivity contribution is -0.124. The van der Waals surface area contributed by atoms with Crippen LogP contribution in [-0.2, 0) is 9.59 Å². The van der Waals surface area contributed by atoms with Crippen LogP contribution in [0.5, 0.6) is 0 Å². The summed E-state index contributed by atoms with van der Waals surface area (Å²) in [5.41, 5.74) is 1.87. The predicted molar refractivity (Wildman–Crippen MR) is 74.9 cm³/mol. The van der Waals surface area contributed by atoms with Crippen molar-refractivity contribution in [3.8, 4) is 11.3 Å². The van der Waals surface area contributed by atoms with Crippen LogP contribution in [0.2, 0.25) is 0 Å². The number of hydrogen-bond donors (Lipinski definition) is 1. The third kappa shape index (κ3) is 1.91. The number of aromatic nitrogens is 2. The minimum Gasteiger partial charge on any atom is -0.278 e. The van der Waals surface area contributed by atoms with Gasteiger partial charge >= 0.3 is 0 Å². The molecule has 1 aromatic heterocycles. The Labute approximate surface area is 116 Å². The van der Waals surface area contributed by atoms with Gasteiger partial charge in [-0.05, 0) is 23.8 Å². The maximum atomic E-state index is 12.2. The summed E-state index contributed by atoms with van der Waals surface area (Å²) in [5.74, 6) is -0.286. The second-order valence-electron chi connectivity index (χ2n) is 5.61. The van der Waals surface area contributed by atoms with E-state index in [4.69, 9.17) is 0 Å². The second-order valence-corrected chi connectivity index (χ2v) is 5.61. The molecule has 0 saturated carbocycles. The first kappa shape index (κ1) is 12.6. The van der Waals surface area contributed by atoms with Crippen molar-refractivity contribution in [3.63, 3.8) is 0 Å². The molecule has 1 saturated heterocycles. The molecule has 0 bridgehead atoms. The van der Waals surface area contributed by atoms with E-state index >= 15 is 0 Å². The predicted octanol–water partition coefficient (Wildman–Crippen LogP) is 2.37. The van der Waals surface area contributed by atoms with Gasteiger partial charge in [-0.2, -0.15) is 5.10 Å². The third-order valence-electron chi connectivity index (χ3n) is 3.56. The number of amides is 2. The van der Waals surface area contributed by atoms with Crippen molar-refractivity contribution in [1.29, 1.82) is 0 Å². The van der Waals surface area contributed by atoms with E-state index in [2.05, 4.69) is 10.2 Å². The SMILES string of the molecule is CC1(C)CC(=O)N(c2ccc(-c3ccn[nH]3)cc2)C1=O. The van der Waals surface area contributed by atoms with Gasteiger partial charge in [0.2, 0.25) is 11.8 Å². The molecule has 3 rings (SSSR count). The van der Waals surface area contributed by atoms with Gasteiger partial charge in [0.05, 0.1) is 16.8 Å². The fraction of sp³-hybridized carbons (Fsp3) is 0.267. The molecule has 0 atom stereocenters. The number of carbonyl (C=O) groups is 2. The number of hydrogen-bond acceptors (Lipinski definition) is 3. The topological polar surface area (TPSA) is 66.1 Å². The third-order valence-corrected chi connectivity index (χ3v) is 3.56. The lowest BCUT2D eigenvalue weighted by atomic mass is 9.92. The van der Waals surface area contributed by atoms with Gasteiger partial charge in [0.25, 0.3) is 0 Å². The van der Waals surface area contributed by atoms with Crippen molar-refractivity contribution in [1.82, 2.24) is 10.2 Å². The summed E-state index contributed by atoms with van der Waals surface area (Å²) in [4.78, 5) is 25.5. The Hall–Kier alpha value is -2.43. The maximum Gasteiger partial charge on any atom is 0.239 e. The summed E-state index contributed by atoms with van der Waals surface area (Å²) >= 11 is 0. The quantitative estimate of drug-likeness (QED) is 0.851. The molecule has 1 fully saturated rings. The lowest BCUT2D eigenvalue weighted by Gasteiger charge is -2.17. The van der Waals surface area contributed by atoms with E-state index in [1.54, 1.807) is 32.2 Å². The zero-order valence-corrected chi connectivity index (χ0v) is 11.4. The molecule has 0 aliphatic carbocycles. The Morgan fingerprint density at radius 2 is 1.85 bits per heavy atom. The van der Waals surface area contributed by atoms with Crippen LogP contribution >= 0.6 is 0 Å². The highest BCUT2D eigenvalue weighted by Gasteiger charge is 2.45. The number of nitrogens with one attached hydrogen (secondary N) is 1. The molecule has 2 heterocycles. The number of benzene rings is 1. The molecular formula is C15H15N3O2. The number of carbonyl (C=O) groups excluding carboxylic acids is 2. The number of imide groups is 1.